The van der Waals surface area contributed by atoms with Crippen molar-refractivity contribution in [3.63, 3.8) is 0 Å². The molecule has 218 valence electrons. The van der Waals surface area contributed by atoms with Gasteiger partial charge in [-0.2, -0.15) is 0 Å². The Bertz CT molecular complexity index is 1330. The predicted molar refractivity (Wildman–Crippen MR) is 161 cm³/mol. The van der Waals surface area contributed by atoms with Crippen LogP contribution in [-0.2, 0) is 34.0 Å². The van der Waals surface area contributed by atoms with Gasteiger partial charge in [0, 0.05) is 81.5 Å². The summed E-state index contributed by atoms with van der Waals surface area (Å²) in [7, 11) is 1.74. The van der Waals surface area contributed by atoms with Gasteiger partial charge in [-0.1, -0.05) is 55.0 Å². The topological polar surface area (TPSA) is 66.8 Å². The lowest BCUT2D eigenvalue weighted by Gasteiger charge is -2.41. The zero-order chi connectivity index (χ0) is 28.2. The number of ether oxygens (including phenoxy) is 1. The van der Waals surface area contributed by atoms with Crippen LogP contribution >= 0.6 is 0 Å². The molecule has 41 heavy (non-hydrogen) atoms. The average molecular weight is 557 g/mol. The van der Waals surface area contributed by atoms with E-state index >= 15 is 0 Å². The summed E-state index contributed by atoms with van der Waals surface area (Å²) in [6.07, 6.45) is 9.17. The minimum atomic E-state index is -0.128. The number of para-hydroxylation sites is 1. The monoisotopic (exact) mass is 556 g/mol. The zero-order valence-electron chi connectivity index (χ0n) is 24.3. The number of hydrogen-bond acceptors (Lipinski definition) is 4. The maximum absolute atomic E-state index is 14.2. The molecule has 2 unspecified atom stereocenters. The molecule has 7 nitrogen and oxygen atoms in total. The third-order valence-electron chi connectivity index (χ3n) is 9.28. The molecular formula is C34H44N4O3. The Morgan fingerprint density at radius 1 is 0.878 bits per heavy atom. The lowest BCUT2D eigenvalue weighted by molar-refractivity contribution is -0.145. The van der Waals surface area contributed by atoms with E-state index in [4.69, 9.17) is 4.74 Å². The molecule has 7 heteroatoms. The molecule has 3 fully saturated rings. The third-order valence-corrected chi connectivity index (χ3v) is 9.28. The number of carbonyl (C=O) groups is 2. The number of nitrogens with zero attached hydrogens (tertiary/aromatic N) is 3. The fourth-order valence-corrected chi connectivity index (χ4v) is 6.61. The summed E-state index contributed by atoms with van der Waals surface area (Å²) in [5.41, 5.74) is 3.58. The predicted octanol–water partition coefficient (Wildman–Crippen LogP) is 4.98. The number of piperidine rings is 1. The SMILES string of the molecule is COCCCn1cc(CN(C(=O)C2CNCC(N(Cc3ccccc3)C(=O)C3CCC3)C2)C2CC2)c2ccccc21. The highest BCUT2D eigenvalue weighted by molar-refractivity contribution is 5.85. The average Bonchev–Trinajstić information content (AvgIpc) is 3.76. The van der Waals surface area contributed by atoms with E-state index in [1.54, 1.807) is 7.11 Å². The largest absolute Gasteiger partial charge is 0.385 e. The molecule has 3 aliphatic rings. The maximum Gasteiger partial charge on any atom is 0.227 e. The van der Waals surface area contributed by atoms with Gasteiger partial charge in [-0.25, -0.2) is 0 Å². The molecule has 1 N–H and O–H groups in total. The lowest BCUT2D eigenvalue weighted by Crippen LogP contribution is -2.55. The number of methoxy groups -OCH3 is 1. The van der Waals surface area contributed by atoms with Gasteiger partial charge in [-0.3, -0.25) is 9.59 Å². The van der Waals surface area contributed by atoms with Crippen LogP contribution in [-0.4, -0.2) is 65.1 Å². The van der Waals surface area contributed by atoms with Crippen molar-refractivity contribution in [3.8, 4) is 0 Å². The van der Waals surface area contributed by atoms with Crippen molar-refractivity contribution in [2.45, 2.75) is 76.7 Å². The van der Waals surface area contributed by atoms with Crippen molar-refractivity contribution >= 4 is 22.7 Å². The second-order valence-electron chi connectivity index (χ2n) is 12.2. The Morgan fingerprint density at radius 2 is 1.61 bits per heavy atom. The van der Waals surface area contributed by atoms with E-state index in [2.05, 4.69) is 62.3 Å². The van der Waals surface area contributed by atoms with Crippen LogP contribution in [0.25, 0.3) is 10.9 Å². The Labute approximate surface area is 243 Å². The number of hydrogen-bond donors (Lipinski definition) is 1. The first-order valence-electron chi connectivity index (χ1n) is 15.5. The van der Waals surface area contributed by atoms with Crippen LogP contribution in [0.15, 0.2) is 60.8 Å². The first kappa shape index (κ1) is 28.0. The van der Waals surface area contributed by atoms with E-state index in [1.807, 2.05) is 18.2 Å². The molecule has 0 bridgehead atoms. The van der Waals surface area contributed by atoms with Gasteiger partial charge in [-0.15, -0.1) is 0 Å². The van der Waals surface area contributed by atoms with Gasteiger partial charge in [0.2, 0.25) is 11.8 Å². The molecular weight excluding hydrogens is 512 g/mol. The quantitative estimate of drug-likeness (QED) is 0.320. The van der Waals surface area contributed by atoms with Crippen LogP contribution in [0.1, 0.15) is 56.1 Å². The van der Waals surface area contributed by atoms with Gasteiger partial charge in [0.25, 0.3) is 0 Å². The molecule has 2 aromatic carbocycles. The molecule has 1 aliphatic heterocycles. The summed E-state index contributed by atoms with van der Waals surface area (Å²) in [5.74, 6) is 0.507. The second-order valence-corrected chi connectivity index (χ2v) is 12.2. The van der Waals surface area contributed by atoms with Crippen LogP contribution < -0.4 is 5.32 Å². The van der Waals surface area contributed by atoms with Crippen molar-refractivity contribution in [1.29, 1.82) is 0 Å². The molecule has 0 spiro atoms. The number of rotatable bonds is 12. The summed E-state index contributed by atoms with van der Waals surface area (Å²) in [5, 5.41) is 4.77. The fourth-order valence-electron chi connectivity index (χ4n) is 6.61. The minimum absolute atomic E-state index is 0.0229. The van der Waals surface area contributed by atoms with Gasteiger partial charge < -0.3 is 24.4 Å². The van der Waals surface area contributed by atoms with E-state index in [1.165, 1.54) is 16.5 Å². The number of aryl methyl sites for hydroxylation is 1. The zero-order valence-corrected chi connectivity index (χ0v) is 24.3. The van der Waals surface area contributed by atoms with Crippen molar-refractivity contribution in [3.05, 3.63) is 71.9 Å². The van der Waals surface area contributed by atoms with E-state index in [0.717, 1.165) is 70.2 Å². The van der Waals surface area contributed by atoms with Gasteiger partial charge in [0.1, 0.15) is 0 Å². The van der Waals surface area contributed by atoms with Gasteiger partial charge in [0.15, 0.2) is 0 Å². The van der Waals surface area contributed by atoms with E-state index in [9.17, 15) is 9.59 Å². The van der Waals surface area contributed by atoms with E-state index < -0.39 is 0 Å². The van der Waals surface area contributed by atoms with Crippen LogP contribution in [0.2, 0.25) is 0 Å². The maximum atomic E-state index is 14.2. The lowest BCUT2D eigenvalue weighted by atomic mass is 9.83. The summed E-state index contributed by atoms with van der Waals surface area (Å²) in [4.78, 5) is 32.0. The van der Waals surface area contributed by atoms with Crippen LogP contribution in [0.4, 0.5) is 0 Å². The standard InChI is InChI=1S/C34H44N4O3/c1-41-18-8-17-36-23-28(31-13-5-6-14-32(31)36)24-38(29-15-16-29)34(40)27-19-30(21-35-20-27)37(33(39)26-11-7-12-26)22-25-9-3-2-4-10-25/h2-6,9-10,13-14,23,26-27,29-30,35H,7-8,11-12,15-22,24H2,1H3. The molecule has 0 radical (unpaired) electrons. The van der Waals surface area contributed by atoms with Gasteiger partial charge in [-0.05, 0) is 55.7 Å². The Kier molecular flexibility index (Phi) is 8.73. The molecule has 2 atom stereocenters. The molecule has 6 rings (SSSR count). The highest BCUT2D eigenvalue weighted by Crippen LogP contribution is 2.35. The van der Waals surface area contributed by atoms with Crippen LogP contribution in [0.5, 0.6) is 0 Å². The second kappa shape index (κ2) is 12.8. The summed E-state index contributed by atoms with van der Waals surface area (Å²) >= 11 is 0. The minimum Gasteiger partial charge on any atom is -0.385 e. The van der Waals surface area contributed by atoms with Crippen molar-refractivity contribution in [2.24, 2.45) is 11.8 Å². The van der Waals surface area contributed by atoms with Gasteiger partial charge in [0.05, 0.1) is 5.92 Å². The van der Waals surface area contributed by atoms with Crippen LogP contribution in [0, 0.1) is 11.8 Å². The molecule has 2 saturated carbocycles. The number of carbonyl (C=O) groups excluding carboxylic acids is 2. The number of aromatic nitrogens is 1. The first-order valence-corrected chi connectivity index (χ1v) is 15.5. The molecule has 2 aliphatic carbocycles. The summed E-state index contributed by atoms with van der Waals surface area (Å²) < 4.78 is 7.60. The normalized spacial score (nSPS) is 21.0. The fraction of sp³-hybridized carbons (Fsp3) is 0.529. The molecule has 3 aromatic rings. The Balaban J connectivity index is 1.19. The Hall–Kier alpha value is -3.16. The number of amides is 2. The highest BCUT2D eigenvalue weighted by Gasteiger charge is 2.41. The van der Waals surface area contributed by atoms with Crippen molar-refractivity contribution in [1.82, 2.24) is 19.7 Å². The van der Waals surface area contributed by atoms with E-state index in [-0.39, 0.29) is 29.7 Å². The summed E-state index contributed by atoms with van der Waals surface area (Å²) in [6, 6.07) is 19.1. The van der Waals surface area contributed by atoms with Crippen LogP contribution in [0.3, 0.4) is 0 Å². The molecule has 1 aromatic heterocycles. The molecule has 2 heterocycles. The number of benzene rings is 2. The van der Waals surface area contributed by atoms with Crippen molar-refractivity contribution < 1.29 is 14.3 Å². The summed E-state index contributed by atoms with van der Waals surface area (Å²) in [6.45, 7) is 4.29. The first-order chi connectivity index (χ1) is 20.1. The Morgan fingerprint density at radius 3 is 2.34 bits per heavy atom. The number of fused-ring (bicyclic) bond motifs is 1. The molecule has 1 saturated heterocycles. The molecule has 2 amide bonds. The number of nitrogens with one attached hydrogen (secondary N) is 1. The van der Waals surface area contributed by atoms with Gasteiger partial charge >= 0.3 is 0 Å². The third kappa shape index (κ3) is 6.36. The van der Waals surface area contributed by atoms with Crippen molar-refractivity contribution in [2.75, 3.05) is 26.8 Å². The van der Waals surface area contributed by atoms with E-state index in [0.29, 0.717) is 25.7 Å². The highest BCUT2D eigenvalue weighted by atomic mass is 16.5. The smallest absolute Gasteiger partial charge is 0.227 e.